The lowest BCUT2D eigenvalue weighted by molar-refractivity contribution is -0.144. The molecule has 3 rings (SSSR count). The van der Waals surface area contributed by atoms with Crippen LogP contribution in [0.5, 0.6) is 0 Å². The Hall–Kier alpha value is -2.80. The zero-order valence-corrected chi connectivity index (χ0v) is 15.8. The van der Waals surface area contributed by atoms with Gasteiger partial charge in [0.05, 0.1) is 23.7 Å². The topological polar surface area (TPSA) is 99.7 Å². The number of hydrogen-bond donors (Lipinski definition) is 1. The van der Waals surface area contributed by atoms with E-state index in [1.165, 1.54) is 6.07 Å². The van der Waals surface area contributed by atoms with Crippen molar-refractivity contribution in [1.29, 1.82) is 5.26 Å². The summed E-state index contributed by atoms with van der Waals surface area (Å²) in [5, 5.41) is 8.93. The predicted molar refractivity (Wildman–Crippen MR) is 96.3 cm³/mol. The summed E-state index contributed by atoms with van der Waals surface area (Å²) >= 11 is 0. The number of rotatable bonds is 3. The molecule has 7 nitrogen and oxygen atoms in total. The second kappa shape index (κ2) is 7.91. The Morgan fingerprint density at radius 2 is 1.93 bits per heavy atom. The van der Waals surface area contributed by atoms with Gasteiger partial charge in [-0.25, -0.2) is 0 Å². The molecular formula is C19H21F3N4O3. The number of hydrogen-bond acceptors (Lipinski definition) is 5. The Labute approximate surface area is 165 Å². The van der Waals surface area contributed by atoms with Crippen molar-refractivity contribution in [1.82, 2.24) is 4.90 Å². The number of nitrogens with two attached hydrogens (primary N) is 1. The Morgan fingerprint density at radius 1 is 1.28 bits per heavy atom. The average molecular weight is 410 g/mol. The van der Waals surface area contributed by atoms with Gasteiger partial charge in [0, 0.05) is 24.7 Å². The summed E-state index contributed by atoms with van der Waals surface area (Å²) in [4.78, 5) is 27.2. The van der Waals surface area contributed by atoms with Gasteiger partial charge in [0.1, 0.15) is 6.23 Å². The van der Waals surface area contributed by atoms with Crippen molar-refractivity contribution in [3.05, 3.63) is 29.3 Å². The monoisotopic (exact) mass is 410 g/mol. The SMILES string of the molecule is C[C@H]1O[C@H](C(=O)N2CCC(C(N)=O)CC2)CN1c1ccc(C#N)c(C(F)(F)F)c1. The van der Waals surface area contributed by atoms with Gasteiger partial charge in [-0.3, -0.25) is 9.59 Å². The molecule has 0 aliphatic carbocycles. The third-order valence-electron chi connectivity index (χ3n) is 5.41. The van der Waals surface area contributed by atoms with Gasteiger partial charge in [-0.05, 0) is 38.0 Å². The Bertz CT molecular complexity index is 844. The molecule has 1 aromatic carbocycles. The largest absolute Gasteiger partial charge is 0.417 e. The molecule has 0 unspecified atom stereocenters. The summed E-state index contributed by atoms with van der Waals surface area (Å²) in [6, 6.07) is 4.99. The molecule has 1 aromatic rings. The van der Waals surface area contributed by atoms with Gasteiger partial charge in [0.15, 0.2) is 6.10 Å². The maximum absolute atomic E-state index is 13.2. The van der Waals surface area contributed by atoms with Crippen molar-refractivity contribution in [2.24, 2.45) is 11.7 Å². The summed E-state index contributed by atoms with van der Waals surface area (Å²) in [7, 11) is 0. The van der Waals surface area contributed by atoms with Gasteiger partial charge < -0.3 is 20.3 Å². The number of alkyl halides is 3. The zero-order chi connectivity index (χ0) is 21.3. The second-order valence-corrected chi connectivity index (χ2v) is 7.22. The van der Waals surface area contributed by atoms with Crippen LogP contribution in [0.2, 0.25) is 0 Å². The summed E-state index contributed by atoms with van der Waals surface area (Å²) in [6.07, 6.45) is -5.12. The van der Waals surface area contributed by atoms with Crippen LogP contribution in [0.4, 0.5) is 18.9 Å². The molecule has 2 fully saturated rings. The first-order chi connectivity index (χ1) is 13.6. The third kappa shape index (κ3) is 4.29. The molecule has 2 saturated heterocycles. The quantitative estimate of drug-likeness (QED) is 0.820. The van der Waals surface area contributed by atoms with Crippen LogP contribution < -0.4 is 10.6 Å². The van der Waals surface area contributed by atoms with Crippen LogP contribution in [0.25, 0.3) is 0 Å². The highest BCUT2D eigenvalue weighted by Gasteiger charge is 2.40. The van der Waals surface area contributed by atoms with Gasteiger partial charge in [-0.1, -0.05) is 0 Å². The van der Waals surface area contributed by atoms with Crippen LogP contribution >= 0.6 is 0 Å². The molecule has 0 radical (unpaired) electrons. The van der Waals surface area contributed by atoms with E-state index in [9.17, 15) is 22.8 Å². The Kier molecular flexibility index (Phi) is 5.71. The predicted octanol–water partition coefficient (Wildman–Crippen LogP) is 1.85. The van der Waals surface area contributed by atoms with Gasteiger partial charge >= 0.3 is 6.18 Å². The normalized spacial score (nSPS) is 23.1. The van der Waals surface area contributed by atoms with Crippen LogP contribution in [0.3, 0.4) is 0 Å². The highest BCUT2D eigenvalue weighted by molar-refractivity contribution is 5.83. The van der Waals surface area contributed by atoms with Crippen LogP contribution in [-0.2, 0) is 20.5 Å². The maximum atomic E-state index is 13.2. The van der Waals surface area contributed by atoms with Crippen molar-refractivity contribution in [2.45, 2.75) is 38.3 Å². The molecular weight excluding hydrogens is 389 g/mol. The van der Waals surface area contributed by atoms with Crippen molar-refractivity contribution in [3.8, 4) is 6.07 Å². The van der Waals surface area contributed by atoms with E-state index >= 15 is 0 Å². The molecule has 2 heterocycles. The average Bonchev–Trinajstić information content (AvgIpc) is 3.08. The van der Waals surface area contributed by atoms with Gasteiger partial charge in [0.2, 0.25) is 5.91 Å². The van der Waals surface area contributed by atoms with Crippen molar-refractivity contribution in [3.63, 3.8) is 0 Å². The number of piperidine rings is 1. The van der Waals surface area contributed by atoms with E-state index in [0.717, 1.165) is 12.1 Å². The Morgan fingerprint density at radius 3 is 2.48 bits per heavy atom. The molecule has 156 valence electrons. The number of halogens is 3. The van der Waals surface area contributed by atoms with E-state index in [0.29, 0.717) is 25.9 Å². The lowest BCUT2D eigenvalue weighted by atomic mass is 9.96. The van der Waals surface area contributed by atoms with Crippen LogP contribution in [0.1, 0.15) is 30.9 Å². The van der Waals surface area contributed by atoms with E-state index in [4.69, 9.17) is 15.7 Å². The van der Waals surface area contributed by atoms with E-state index < -0.39 is 29.6 Å². The molecule has 0 saturated carbocycles. The van der Waals surface area contributed by atoms with Crippen molar-refractivity contribution in [2.75, 3.05) is 24.5 Å². The van der Waals surface area contributed by atoms with Crippen LogP contribution in [-0.4, -0.2) is 48.7 Å². The smallest absolute Gasteiger partial charge is 0.369 e. The van der Waals surface area contributed by atoms with Crippen molar-refractivity contribution < 1.29 is 27.5 Å². The summed E-state index contributed by atoms with van der Waals surface area (Å²) < 4.78 is 45.4. The van der Waals surface area contributed by atoms with Gasteiger partial charge in [0.25, 0.3) is 5.91 Å². The molecule has 2 atom stereocenters. The number of anilines is 1. The van der Waals surface area contributed by atoms with E-state index in [2.05, 4.69) is 0 Å². The van der Waals surface area contributed by atoms with E-state index in [1.807, 2.05) is 0 Å². The first-order valence-corrected chi connectivity index (χ1v) is 9.23. The minimum Gasteiger partial charge on any atom is -0.369 e. The number of nitriles is 1. The fourth-order valence-electron chi connectivity index (χ4n) is 3.76. The molecule has 29 heavy (non-hydrogen) atoms. The molecule has 2 aliphatic heterocycles. The number of carbonyl (C=O) groups is 2. The first-order valence-electron chi connectivity index (χ1n) is 9.23. The van der Waals surface area contributed by atoms with Gasteiger partial charge in [-0.2, -0.15) is 18.4 Å². The lowest BCUT2D eigenvalue weighted by Crippen LogP contribution is -2.46. The highest BCUT2D eigenvalue weighted by atomic mass is 19.4. The third-order valence-corrected chi connectivity index (χ3v) is 5.41. The molecule has 2 aliphatic rings. The summed E-state index contributed by atoms with van der Waals surface area (Å²) in [5.74, 6) is -0.888. The number of primary amides is 1. The fraction of sp³-hybridized carbons (Fsp3) is 0.526. The minimum atomic E-state index is -4.66. The zero-order valence-electron chi connectivity index (χ0n) is 15.8. The molecule has 0 spiro atoms. The fourth-order valence-corrected chi connectivity index (χ4v) is 3.76. The van der Waals surface area contributed by atoms with Crippen LogP contribution in [0, 0.1) is 17.2 Å². The number of nitrogens with zero attached hydrogens (tertiary/aromatic N) is 3. The Balaban J connectivity index is 1.72. The van der Waals surface area contributed by atoms with Gasteiger partial charge in [-0.15, -0.1) is 0 Å². The first kappa shape index (κ1) is 20.9. The highest BCUT2D eigenvalue weighted by Crippen LogP contribution is 2.36. The molecule has 2 amide bonds. The number of carbonyl (C=O) groups excluding carboxylic acids is 2. The molecule has 2 N–H and O–H groups in total. The lowest BCUT2D eigenvalue weighted by Gasteiger charge is -2.31. The minimum absolute atomic E-state index is 0.0962. The number of ether oxygens (including phenoxy) is 1. The standard InChI is InChI=1S/C19H21F3N4O3/c1-11-26(14-3-2-13(9-23)15(8-14)19(20,21)22)10-16(29-11)18(28)25-6-4-12(5-7-25)17(24)27/h2-3,8,11-12,16H,4-7,10H2,1H3,(H2,24,27)/t11-,16+/m1/s1. The molecule has 0 aromatic heterocycles. The van der Waals surface area contributed by atoms with Crippen molar-refractivity contribution >= 4 is 17.5 Å². The van der Waals surface area contributed by atoms with E-state index in [-0.39, 0.29) is 30.0 Å². The molecule has 0 bridgehead atoms. The maximum Gasteiger partial charge on any atom is 0.417 e. The number of amides is 2. The van der Waals surface area contributed by atoms with Crippen LogP contribution in [0.15, 0.2) is 18.2 Å². The second-order valence-electron chi connectivity index (χ2n) is 7.22. The summed E-state index contributed by atoms with van der Waals surface area (Å²) in [5.41, 5.74) is 4.05. The summed E-state index contributed by atoms with van der Waals surface area (Å²) in [6.45, 7) is 2.52. The molecule has 10 heteroatoms. The number of likely N-dealkylation sites (tertiary alicyclic amines) is 1. The number of benzene rings is 1. The van der Waals surface area contributed by atoms with E-state index in [1.54, 1.807) is 22.8 Å².